The summed E-state index contributed by atoms with van der Waals surface area (Å²) in [7, 11) is 0. The summed E-state index contributed by atoms with van der Waals surface area (Å²) in [6.45, 7) is 9.03. The van der Waals surface area contributed by atoms with E-state index in [1.165, 1.54) is 0 Å². The fourth-order valence-electron chi connectivity index (χ4n) is 2.44. The molecule has 2 rings (SSSR count). The van der Waals surface area contributed by atoms with E-state index in [1.54, 1.807) is 39.1 Å². The minimum Gasteiger partial charge on any atom is -0.444 e. The molecule has 7 nitrogen and oxygen atoms in total. The van der Waals surface area contributed by atoms with E-state index < -0.39 is 17.7 Å². The zero-order valence-electron chi connectivity index (χ0n) is 16.9. The van der Waals surface area contributed by atoms with Crippen molar-refractivity contribution in [2.24, 2.45) is 5.92 Å². The van der Waals surface area contributed by atoms with Crippen LogP contribution in [-0.4, -0.2) is 28.6 Å². The van der Waals surface area contributed by atoms with Crippen LogP contribution in [0.3, 0.4) is 0 Å². The van der Waals surface area contributed by atoms with Crippen LogP contribution in [-0.2, 0) is 9.53 Å². The standard InChI is InChI=1S/C21H28N4O3/c1-14(2)17(25-20(27)28-21(3,4)5)19(26)24-16-12-9-13-22-18(16)23-15-10-7-6-8-11-15/h6-14,17H,1-5H3,(H,22,23)(H,24,26)(H,25,27)/t17-/m0/s1. The highest BCUT2D eigenvalue weighted by atomic mass is 16.6. The molecule has 0 unspecified atom stereocenters. The minimum absolute atomic E-state index is 0.130. The van der Waals surface area contributed by atoms with E-state index in [2.05, 4.69) is 20.9 Å². The molecule has 1 aromatic carbocycles. The first-order valence-corrected chi connectivity index (χ1v) is 9.23. The van der Waals surface area contributed by atoms with Crippen molar-refractivity contribution in [1.82, 2.24) is 10.3 Å². The van der Waals surface area contributed by atoms with Crippen molar-refractivity contribution in [2.45, 2.75) is 46.3 Å². The molecule has 1 heterocycles. The van der Waals surface area contributed by atoms with Gasteiger partial charge in [-0.05, 0) is 51.0 Å². The molecule has 0 bridgehead atoms. The topological polar surface area (TPSA) is 92.3 Å². The zero-order chi connectivity index (χ0) is 20.7. The van der Waals surface area contributed by atoms with Crippen LogP contribution in [0.25, 0.3) is 0 Å². The molecule has 0 aliphatic carbocycles. The molecule has 2 aromatic rings. The van der Waals surface area contributed by atoms with Gasteiger partial charge in [0.2, 0.25) is 5.91 Å². The summed E-state index contributed by atoms with van der Waals surface area (Å²) in [6, 6.07) is 12.3. The highest BCUT2D eigenvalue weighted by molar-refractivity contribution is 5.99. The number of carbonyl (C=O) groups excluding carboxylic acids is 2. The van der Waals surface area contributed by atoms with Crippen LogP contribution in [0.5, 0.6) is 0 Å². The number of nitrogens with one attached hydrogen (secondary N) is 3. The van der Waals surface area contributed by atoms with Crippen molar-refractivity contribution in [2.75, 3.05) is 10.6 Å². The number of nitrogens with zero attached hydrogens (tertiary/aromatic N) is 1. The van der Waals surface area contributed by atoms with E-state index in [-0.39, 0.29) is 11.8 Å². The van der Waals surface area contributed by atoms with Gasteiger partial charge in [0.1, 0.15) is 11.6 Å². The second kappa shape index (κ2) is 9.21. The summed E-state index contributed by atoms with van der Waals surface area (Å²) in [4.78, 5) is 29.2. The predicted molar refractivity (Wildman–Crippen MR) is 111 cm³/mol. The van der Waals surface area contributed by atoms with E-state index in [9.17, 15) is 9.59 Å². The maximum atomic E-state index is 12.8. The van der Waals surface area contributed by atoms with Gasteiger partial charge in [-0.3, -0.25) is 4.79 Å². The van der Waals surface area contributed by atoms with Gasteiger partial charge in [0.05, 0.1) is 5.69 Å². The minimum atomic E-state index is -0.750. The number of amides is 2. The number of carbonyl (C=O) groups is 2. The number of pyridine rings is 1. The van der Waals surface area contributed by atoms with E-state index in [0.717, 1.165) is 5.69 Å². The Morgan fingerprint density at radius 2 is 1.71 bits per heavy atom. The van der Waals surface area contributed by atoms with Gasteiger partial charge in [-0.2, -0.15) is 0 Å². The highest BCUT2D eigenvalue weighted by Gasteiger charge is 2.27. The van der Waals surface area contributed by atoms with Gasteiger partial charge in [0.25, 0.3) is 0 Å². The second-order valence-corrected chi connectivity index (χ2v) is 7.75. The lowest BCUT2D eigenvalue weighted by Crippen LogP contribution is -2.48. The van der Waals surface area contributed by atoms with E-state index in [0.29, 0.717) is 11.5 Å². The number of hydrogen-bond acceptors (Lipinski definition) is 5. The summed E-state index contributed by atoms with van der Waals surface area (Å²) < 4.78 is 5.27. The molecule has 0 saturated carbocycles. The Morgan fingerprint density at radius 1 is 1.04 bits per heavy atom. The smallest absolute Gasteiger partial charge is 0.408 e. The van der Waals surface area contributed by atoms with Crippen molar-refractivity contribution in [3.05, 3.63) is 48.7 Å². The van der Waals surface area contributed by atoms with Crippen molar-refractivity contribution in [3.63, 3.8) is 0 Å². The fourth-order valence-corrected chi connectivity index (χ4v) is 2.44. The Morgan fingerprint density at radius 3 is 2.32 bits per heavy atom. The van der Waals surface area contributed by atoms with Crippen molar-refractivity contribution < 1.29 is 14.3 Å². The van der Waals surface area contributed by atoms with Gasteiger partial charge in [-0.15, -0.1) is 0 Å². The molecule has 150 valence electrons. The SMILES string of the molecule is CC(C)[C@H](NC(=O)OC(C)(C)C)C(=O)Nc1cccnc1Nc1ccccc1. The molecule has 0 fully saturated rings. The molecule has 0 radical (unpaired) electrons. The summed E-state index contributed by atoms with van der Waals surface area (Å²) in [5.41, 5.74) is 0.732. The van der Waals surface area contributed by atoms with E-state index >= 15 is 0 Å². The molecule has 28 heavy (non-hydrogen) atoms. The van der Waals surface area contributed by atoms with Crippen LogP contribution in [0.4, 0.5) is 22.0 Å². The van der Waals surface area contributed by atoms with Gasteiger partial charge in [0.15, 0.2) is 5.82 Å². The maximum Gasteiger partial charge on any atom is 0.408 e. The molecule has 1 atom stereocenters. The van der Waals surface area contributed by atoms with Crippen molar-refractivity contribution >= 4 is 29.2 Å². The van der Waals surface area contributed by atoms with Gasteiger partial charge in [-0.25, -0.2) is 9.78 Å². The van der Waals surface area contributed by atoms with Gasteiger partial charge >= 0.3 is 6.09 Å². The average Bonchev–Trinajstić information content (AvgIpc) is 2.60. The lowest BCUT2D eigenvalue weighted by Gasteiger charge is -2.25. The summed E-state index contributed by atoms with van der Waals surface area (Å²) in [5, 5.41) is 8.67. The first-order chi connectivity index (χ1) is 13.2. The third-order valence-corrected chi connectivity index (χ3v) is 3.72. The average molecular weight is 384 g/mol. The summed E-state index contributed by atoms with van der Waals surface area (Å²) >= 11 is 0. The fraction of sp³-hybridized carbons (Fsp3) is 0.381. The number of aromatic nitrogens is 1. The molecule has 2 amide bonds. The molecular formula is C21H28N4O3. The quantitative estimate of drug-likeness (QED) is 0.690. The molecule has 0 aliphatic heterocycles. The predicted octanol–water partition coefficient (Wildman–Crippen LogP) is 4.31. The van der Waals surface area contributed by atoms with Gasteiger partial charge in [0, 0.05) is 11.9 Å². The lowest BCUT2D eigenvalue weighted by atomic mass is 10.0. The lowest BCUT2D eigenvalue weighted by molar-refractivity contribution is -0.119. The molecule has 0 aliphatic rings. The van der Waals surface area contributed by atoms with Crippen LogP contribution in [0.15, 0.2) is 48.7 Å². The number of ether oxygens (including phenoxy) is 1. The third kappa shape index (κ3) is 6.57. The molecule has 0 spiro atoms. The Balaban J connectivity index is 2.12. The monoisotopic (exact) mass is 384 g/mol. The number of benzene rings is 1. The maximum absolute atomic E-state index is 12.8. The number of rotatable bonds is 6. The number of para-hydroxylation sites is 1. The van der Waals surface area contributed by atoms with Crippen LogP contribution in [0, 0.1) is 5.92 Å². The Hall–Kier alpha value is -3.09. The molecule has 3 N–H and O–H groups in total. The number of anilines is 3. The highest BCUT2D eigenvalue weighted by Crippen LogP contribution is 2.23. The number of alkyl carbamates (subject to hydrolysis) is 1. The van der Waals surface area contributed by atoms with Crippen molar-refractivity contribution in [1.29, 1.82) is 0 Å². The zero-order valence-corrected chi connectivity index (χ0v) is 16.9. The first kappa shape index (κ1) is 21.2. The Bertz CT molecular complexity index is 801. The first-order valence-electron chi connectivity index (χ1n) is 9.23. The molecular weight excluding hydrogens is 356 g/mol. The third-order valence-electron chi connectivity index (χ3n) is 3.72. The van der Waals surface area contributed by atoms with Crippen LogP contribution in [0.1, 0.15) is 34.6 Å². The van der Waals surface area contributed by atoms with Crippen LogP contribution >= 0.6 is 0 Å². The summed E-state index contributed by atoms with van der Waals surface area (Å²) in [6.07, 6.45) is 1.01. The van der Waals surface area contributed by atoms with Crippen molar-refractivity contribution in [3.8, 4) is 0 Å². The Kier molecular flexibility index (Phi) is 6.98. The molecule has 7 heteroatoms. The molecule has 0 saturated heterocycles. The van der Waals surface area contributed by atoms with E-state index in [1.807, 2.05) is 44.2 Å². The molecule has 1 aromatic heterocycles. The van der Waals surface area contributed by atoms with Gasteiger partial charge in [-0.1, -0.05) is 32.0 Å². The summed E-state index contributed by atoms with van der Waals surface area (Å²) in [5.74, 6) is 0.0431. The van der Waals surface area contributed by atoms with Crippen LogP contribution in [0.2, 0.25) is 0 Å². The largest absolute Gasteiger partial charge is 0.444 e. The van der Waals surface area contributed by atoms with Gasteiger partial charge < -0.3 is 20.7 Å². The normalized spacial score (nSPS) is 12.2. The van der Waals surface area contributed by atoms with Crippen LogP contribution < -0.4 is 16.0 Å². The Labute approximate surface area is 165 Å². The van der Waals surface area contributed by atoms with E-state index in [4.69, 9.17) is 4.74 Å². The number of hydrogen-bond donors (Lipinski definition) is 3. The second-order valence-electron chi connectivity index (χ2n) is 7.75.